The van der Waals surface area contributed by atoms with Crippen molar-refractivity contribution in [2.45, 2.75) is 50.0 Å². The number of hydrogen-bond acceptors (Lipinski definition) is 2. The van der Waals surface area contributed by atoms with Crippen molar-refractivity contribution in [3.8, 4) is 0 Å². The van der Waals surface area contributed by atoms with Gasteiger partial charge in [0.25, 0.3) is 0 Å². The molecular formula is C26H31NO2. The van der Waals surface area contributed by atoms with E-state index in [0.717, 1.165) is 32.1 Å². The van der Waals surface area contributed by atoms with Gasteiger partial charge in [-0.3, -0.25) is 4.79 Å². The lowest BCUT2D eigenvalue weighted by atomic mass is 9.42. The first kappa shape index (κ1) is 18.9. The number of amides is 1. The minimum atomic E-state index is -0.115. The maximum absolute atomic E-state index is 13.1. The van der Waals surface area contributed by atoms with Crippen LogP contribution in [0, 0.1) is 23.7 Å². The fraction of sp³-hybridized carbons (Fsp3) is 0.500. The van der Waals surface area contributed by atoms with Gasteiger partial charge in [0.05, 0.1) is 6.10 Å². The second-order valence-corrected chi connectivity index (χ2v) is 9.52. The standard InChI is InChI=1S/C26H31NO2/c28-24(27-12-11-18-7-3-1-4-8-18)17-26(21-9-5-2-6-10-21)22-13-19-14-23(26)16-20(15-22)25(19)29/h1-10,19-20,22-23,25,29H,11-17H2,(H,27,28). The molecule has 3 nitrogen and oxygen atoms in total. The third kappa shape index (κ3) is 3.30. The summed E-state index contributed by atoms with van der Waals surface area (Å²) < 4.78 is 0. The molecule has 0 radical (unpaired) electrons. The number of carbonyl (C=O) groups excluding carboxylic acids is 1. The first-order valence-corrected chi connectivity index (χ1v) is 11.2. The van der Waals surface area contributed by atoms with Gasteiger partial charge in [0.15, 0.2) is 0 Å². The molecule has 0 heterocycles. The molecule has 0 atom stereocenters. The summed E-state index contributed by atoms with van der Waals surface area (Å²) in [6.07, 6.45) is 5.61. The predicted molar refractivity (Wildman–Crippen MR) is 114 cm³/mol. The molecule has 0 spiro atoms. The lowest BCUT2D eigenvalue weighted by Crippen LogP contribution is -2.61. The summed E-state index contributed by atoms with van der Waals surface area (Å²) in [7, 11) is 0. The van der Waals surface area contributed by atoms with E-state index in [0.29, 0.717) is 36.6 Å². The summed E-state index contributed by atoms with van der Waals surface area (Å²) in [5.74, 6) is 2.08. The van der Waals surface area contributed by atoms with Gasteiger partial charge in [-0.2, -0.15) is 0 Å². The van der Waals surface area contributed by atoms with Crippen LogP contribution in [0.1, 0.15) is 43.2 Å². The molecular weight excluding hydrogens is 358 g/mol. The van der Waals surface area contributed by atoms with E-state index in [2.05, 4.69) is 47.8 Å². The molecule has 3 heteroatoms. The van der Waals surface area contributed by atoms with Crippen LogP contribution in [0.5, 0.6) is 0 Å². The third-order valence-electron chi connectivity index (χ3n) is 8.12. The number of aliphatic hydroxyl groups excluding tert-OH is 1. The van der Waals surface area contributed by atoms with Crippen molar-refractivity contribution in [2.75, 3.05) is 6.54 Å². The zero-order chi connectivity index (χ0) is 19.8. The zero-order valence-electron chi connectivity index (χ0n) is 17.0. The van der Waals surface area contributed by atoms with Crippen molar-refractivity contribution in [3.63, 3.8) is 0 Å². The fourth-order valence-corrected chi connectivity index (χ4v) is 6.89. The summed E-state index contributed by atoms with van der Waals surface area (Å²) in [4.78, 5) is 13.1. The van der Waals surface area contributed by atoms with Crippen molar-refractivity contribution in [3.05, 3.63) is 71.8 Å². The van der Waals surface area contributed by atoms with Crippen molar-refractivity contribution in [1.29, 1.82) is 0 Å². The normalized spacial score (nSPS) is 34.9. The van der Waals surface area contributed by atoms with Gasteiger partial charge in [0, 0.05) is 18.4 Å². The van der Waals surface area contributed by atoms with Gasteiger partial charge in [-0.25, -0.2) is 0 Å². The van der Waals surface area contributed by atoms with Crippen LogP contribution in [0.3, 0.4) is 0 Å². The van der Waals surface area contributed by atoms with Gasteiger partial charge in [0.1, 0.15) is 0 Å². The van der Waals surface area contributed by atoms with Crippen LogP contribution >= 0.6 is 0 Å². The van der Waals surface area contributed by atoms with Gasteiger partial charge in [-0.05, 0) is 66.9 Å². The summed E-state index contributed by atoms with van der Waals surface area (Å²) in [5.41, 5.74) is 2.53. The maximum atomic E-state index is 13.1. The highest BCUT2D eigenvalue weighted by Crippen LogP contribution is 2.64. The Morgan fingerprint density at radius 2 is 1.45 bits per heavy atom. The Morgan fingerprint density at radius 1 is 0.897 bits per heavy atom. The molecule has 1 amide bonds. The van der Waals surface area contributed by atoms with Crippen LogP contribution in [0.2, 0.25) is 0 Å². The SMILES string of the molecule is O=C(CC1(c2ccccc2)C2CC3CC1CC(C2)C3O)NCCc1ccccc1. The van der Waals surface area contributed by atoms with Crippen LogP contribution in [0.4, 0.5) is 0 Å². The third-order valence-corrected chi connectivity index (χ3v) is 8.12. The summed E-state index contributed by atoms with van der Waals surface area (Å²) in [6, 6.07) is 21.1. The predicted octanol–water partition coefficient (Wildman–Crippen LogP) is 4.10. The van der Waals surface area contributed by atoms with Gasteiger partial charge in [-0.15, -0.1) is 0 Å². The van der Waals surface area contributed by atoms with E-state index in [1.807, 2.05) is 18.2 Å². The lowest BCUT2D eigenvalue weighted by Gasteiger charge is -2.63. The number of benzene rings is 2. The van der Waals surface area contributed by atoms with Crippen molar-refractivity contribution >= 4 is 5.91 Å². The first-order valence-electron chi connectivity index (χ1n) is 11.2. The molecule has 0 saturated heterocycles. The first-order chi connectivity index (χ1) is 14.2. The van der Waals surface area contributed by atoms with E-state index in [9.17, 15) is 9.90 Å². The van der Waals surface area contributed by atoms with Gasteiger partial charge >= 0.3 is 0 Å². The zero-order valence-corrected chi connectivity index (χ0v) is 17.0. The molecule has 4 fully saturated rings. The average molecular weight is 390 g/mol. The molecule has 0 aromatic heterocycles. The molecule has 29 heavy (non-hydrogen) atoms. The smallest absolute Gasteiger partial charge is 0.220 e. The number of nitrogens with one attached hydrogen (secondary N) is 1. The Bertz CT molecular complexity index is 818. The van der Waals surface area contributed by atoms with E-state index in [-0.39, 0.29) is 17.4 Å². The largest absolute Gasteiger partial charge is 0.393 e. The minimum absolute atomic E-state index is 0.0643. The highest BCUT2D eigenvalue weighted by Gasteiger charge is 2.60. The Morgan fingerprint density at radius 3 is 2.03 bits per heavy atom. The molecule has 2 aromatic carbocycles. The quantitative estimate of drug-likeness (QED) is 0.781. The summed E-state index contributed by atoms with van der Waals surface area (Å²) in [6.45, 7) is 0.688. The van der Waals surface area contributed by atoms with E-state index in [1.165, 1.54) is 11.1 Å². The van der Waals surface area contributed by atoms with E-state index < -0.39 is 0 Å². The monoisotopic (exact) mass is 389 g/mol. The highest BCUT2D eigenvalue weighted by atomic mass is 16.3. The molecule has 152 valence electrons. The Hall–Kier alpha value is -2.13. The van der Waals surface area contributed by atoms with Crippen LogP contribution in [-0.4, -0.2) is 23.7 Å². The topological polar surface area (TPSA) is 49.3 Å². The molecule has 6 rings (SSSR count). The number of hydrogen-bond donors (Lipinski definition) is 2. The summed E-state index contributed by atoms with van der Waals surface area (Å²) >= 11 is 0. The van der Waals surface area contributed by atoms with Gasteiger partial charge < -0.3 is 10.4 Å². The van der Waals surface area contributed by atoms with Crippen molar-refractivity contribution in [1.82, 2.24) is 5.32 Å². The molecule has 0 aliphatic heterocycles. The Balaban J connectivity index is 1.35. The van der Waals surface area contributed by atoms with E-state index in [1.54, 1.807) is 0 Å². The molecule has 4 saturated carbocycles. The molecule has 2 N–H and O–H groups in total. The molecule has 0 unspecified atom stereocenters. The molecule has 4 aliphatic carbocycles. The Kier molecular flexibility index (Phi) is 4.95. The van der Waals surface area contributed by atoms with Crippen molar-refractivity contribution in [2.24, 2.45) is 23.7 Å². The van der Waals surface area contributed by atoms with Crippen LogP contribution in [0.25, 0.3) is 0 Å². The lowest BCUT2D eigenvalue weighted by molar-refractivity contribution is -0.147. The average Bonchev–Trinajstić information content (AvgIpc) is 2.74. The molecule has 4 aliphatic rings. The van der Waals surface area contributed by atoms with Crippen LogP contribution in [0.15, 0.2) is 60.7 Å². The number of rotatable bonds is 6. The van der Waals surface area contributed by atoms with Gasteiger partial charge in [-0.1, -0.05) is 60.7 Å². The maximum Gasteiger partial charge on any atom is 0.220 e. The molecule has 4 bridgehead atoms. The fourth-order valence-electron chi connectivity index (χ4n) is 6.89. The number of aliphatic hydroxyl groups is 1. The van der Waals surface area contributed by atoms with Crippen LogP contribution < -0.4 is 5.32 Å². The second-order valence-electron chi connectivity index (χ2n) is 9.52. The van der Waals surface area contributed by atoms with E-state index in [4.69, 9.17) is 0 Å². The van der Waals surface area contributed by atoms with Gasteiger partial charge in [0.2, 0.25) is 5.91 Å². The van der Waals surface area contributed by atoms with E-state index >= 15 is 0 Å². The van der Waals surface area contributed by atoms with Crippen LogP contribution in [-0.2, 0) is 16.6 Å². The Labute approximate surface area is 173 Å². The second kappa shape index (κ2) is 7.60. The van der Waals surface area contributed by atoms with Crippen molar-refractivity contribution < 1.29 is 9.90 Å². The highest BCUT2D eigenvalue weighted by molar-refractivity contribution is 5.78. The number of carbonyl (C=O) groups is 1. The minimum Gasteiger partial charge on any atom is -0.393 e. The summed E-state index contributed by atoms with van der Waals surface area (Å²) in [5, 5.41) is 13.8. The molecule has 2 aromatic rings.